The monoisotopic (exact) mass is 412 g/mol. The van der Waals surface area contributed by atoms with E-state index in [-0.39, 0.29) is 18.3 Å². The van der Waals surface area contributed by atoms with Gasteiger partial charge in [-0.25, -0.2) is 9.37 Å². The summed E-state index contributed by atoms with van der Waals surface area (Å²) in [5.41, 5.74) is 1.70. The summed E-state index contributed by atoms with van der Waals surface area (Å²) in [6.07, 6.45) is 3.94. The lowest BCUT2D eigenvalue weighted by atomic mass is 9.93. The highest BCUT2D eigenvalue weighted by atomic mass is 19.1. The quantitative estimate of drug-likeness (QED) is 0.593. The van der Waals surface area contributed by atoms with E-state index >= 15 is 0 Å². The molecule has 0 bridgehead atoms. The Balaban J connectivity index is 1.45. The number of pyridine rings is 1. The number of hydrogen-bond donors (Lipinski definition) is 0. The number of rotatable bonds is 8. The molecule has 0 N–H and O–H groups in total. The molecule has 0 amide bonds. The van der Waals surface area contributed by atoms with Crippen molar-refractivity contribution < 1.29 is 18.7 Å². The number of likely N-dealkylation sites (tertiary alicyclic amines) is 1. The Bertz CT molecular complexity index is 905. The summed E-state index contributed by atoms with van der Waals surface area (Å²) < 4.78 is 25.9. The second-order valence-corrected chi connectivity index (χ2v) is 8.18. The fourth-order valence-corrected chi connectivity index (χ4v) is 4.09. The summed E-state index contributed by atoms with van der Waals surface area (Å²) in [6.45, 7) is 5.44. The summed E-state index contributed by atoms with van der Waals surface area (Å²) in [5, 5.41) is 0. The van der Waals surface area contributed by atoms with E-state index in [0.717, 1.165) is 51.0 Å². The first-order chi connectivity index (χ1) is 14.6. The number of carbonyl (C=O) groups excluding carboxylic acids is 1. The van der Waals surface area contributed by atoms with Crippen LogP contribution in [0.1, 0.15) is 60.1 Å². The predicted octanol–water partition coefficient (Wildman–Crippen LogP) is 4.60. The highest BCUT2D eigenvalue weighted by molar-refractivity contribution is 5.99. The normalized spacial score (nSPS) is 17.7. The maximum absolute atomic E-state index is 14.7. The van der Waals surface area contributed by atoms with Crippen LogP contribution in [0.5, 0.6) is 11.6 Å². The van der Waals surface area contributed by atoms with Crippen LogP contribution in [0, 0.1) is 11.7 Å². The highest BCUT2D eigenvalue weighted by Crippen LogP contribution is 2.35. The van der Waals surface area contributed by atoms with E-state index in [1.54, 1.807) is 12.1 Å². The molecule has 1 saturated heterocycles. The molecule has 0 spiro atoms. The van der Waals surface area contributed by atoms with Gasteiger partial charge < -0.3 is 14.4 Å². The van der Waals surface area contributed by atoms with Crippen molar-refractivity contribution >= 4 is 5.78 Å². The molecule has 1 aromatic heterocycles. The van der Waals surface area contributed by atoms with E-state index in [1.807, 2.05) is 12.1 Å². The van der Waals surface area contributed by atoms with Gasteiger partial charge in [0.2, 0.25) is 5.88 Å². The third kappa shape index (κ3) is 4.64. The minimum atomic E-state index is -0.485. The van der Waals surface area contributed by atoms with Gasteiger partial charge in [0.25, 0.3) is 0 Å². The summed E-state index contributed by atoms with van der Waals surface area (Å²) in [5.74, 6) is 0.777. The second kappa shape index (κ2) is 9.13. The Morgan fingerprint density at radius 2 is 1.97 bits per heavy atom. The molecule has 1 aliphatic carbocycles. The SMILES string of the molecule is CCN1CCC(c2cccc(OCc3c(F)cc(C(=O)C4CC4)cc3OC)n2)CC1. The summed E-state index contributed by atoms with van der Waals surface area (Å²) in [6, 6.07) is 8.69. The number of aromatic nitrogens is 1. The molecule has 0 atom stereocenters. The third-order valence-corrected chi connectivity index (χ3v) is 6.17. The topological polar surface area (TPSA) is 51.7 Å². The minimum absolute atomic E-state index is 0.00234. The van der Waals surface area contributed by atoms with E-state index in [1.165, 1.54) is 13.2 Å². The number of ketones is 1. The van der Waals surface area contributed by atoms with Gasteiger partial charge in [-0.3, -0.25) is 4.79 Å². The van der Waals surface area contributed by atoms with Gasteiger partial charge in [-0.15, -0.1) is 0 Å². The first-order valence-electron chi connectivity index (χ1n) is 10.8. The van der Waals surface area contributed by atoms with Crippen LogP contribution in [0.15, 0.2) is 30.3 Å². The second-order valence-electron chi connectivity index (χ2n) is 8.18. The Hall–Kier alpha value is -2.47. The van der Waals surface area contributed by atoms with E-state index in [4.69, 9.17) is 9.47 Å². The fraction of sp³-hybridized carbons (Fsp3) is 0.500. The number of carbonyl (C=O) groups is 1. The van der Waals surface area contributed by atoms with Crippen LogP contribution in [0.3, 0.4) is 0 Å². The van der Waals surface area contributed by atoms with Crippen LogP contribution < -0.4 is 9.47 Å². The number of Topliss-reactive ketones (excluding diaryl/α,β-unsaturated/α-hetero) is 1. The maximum Gasteiger partial charge on any atom is 0.213 e. The van der Waals surface area contributed by atoms with Crippen molar-refractivity contribution in [3.8, 4) is 11.6 Å². The third-order valence-electron chi connectivity index (χ3n) is 6.17. The number of piperidine rings is 1. The number of hydrogen-bond acceptors (Lipinski definition) is 5. The standard InChI is InChI=1S/C24H29FN2O3/c1-3-27-11-9-16(10-12-27)21-5-4-6-23(26-21)30-15-19-20(25)13-18(14-22(19)29-2)24(28)17-7-8-17/h4-6,13-14,16-17H,3,7-12,15H2,1-2H3. The number of nitrogens with zero attached hydrogens (tertiary/aromatic N) is 2. The molecule has 1 aromatic carbocycles. The molecular formula is C24H29FN2O3. The molecule has 2 fully saturated rings. The van der Waals surface area contributed by atoms with Gasteiger partial charge >= 0.3 is 0 Å². The number of benzene rings is 1. The zero-order valence-electron chi connectivity index (χ0n) is 17.7. The average molecular weight is 413 g/mol. The molecule has 0 unspecified atom stereocenters. The van der Waals surface area contributed by atoms with Gasteiger partial charge in [0.05, 0.1) is 12.7 Å². The van der Waals surface area contributed by atoms with Gasteiger partial charge in [-0.05, 0) is 63.5 Å². The van der Waals surface area contributed by atoms with E-state index in [9.17, 15) is 9.18 Å². The lowest BCUT2D eigenvalue weighted by Gasteiger charge is -2.30. The lowest BCUT2D eigenvalue weighted by Crippen LogP contribution is -2.32. The lowest BCUT2D eigenvalue weighted by molar-refractivity contribution is 0.0966. The van der Waals surface area contributed by atoms with Crippen LogP contribution in [-0.2, 0) is 6.61 Å². The van der Waals surface area contributed by atoms with Crippen molar-refractivity contribution in [1.82, 2.24) is 9.88 Å². The van der Waals surface area contributed by atoms with Crippen molar-refractivity contribution in [1.29, 1.82) is 0 Å². The fourth-order valence-electron chi connectivity index (χ4n) is 4.09. The first kappa shape index (κ1) is 20.8. The van der Waals surface area contributed by atoms with Crippen molar-refractivity contribution in [2.24, 2.45) is 5.92 Å². The van der Waals surface area contributed by atoms with Crippen LogP contribution in [0.4, 0.5) is 4.39 Å². The number of halogens is 1. The summed E-state index contributed by atoms with van der Waals surface area (Å²) in [4.78, 5) is 19.4. The Morgan fingerprint density at radius 1 is 1.20 bits per heavy atom. The highest BCUT2D eigenvalue weighted by Gasteiger charge is 2.31. The molecule has 0 radical (unpaired) electrons. The van der Waals surface area contributed by atoms with Crippen molar-refractivity contribution in [3.05, 3.63) is 53.0 Å². The first-order valence-corrected chi connectivity index (χ1v) is 10.8. The molecule has 30 heavy (non-hydrogen) atoms. The molecule has 1 aliphatic heterocycles. The molecule has 4 rings (SSSR count). The largest absolute Gasteiger partial charge is 0.496 e. The molecule has 5 nitrogen and oxygen atoms in total. The van der Waals surface area contributed by atoms with Crippen molar-refractivity contribution in [3.63, 3.8) is 0 Å². The Labute approximate surface area is 177 Å². The van der Waals surface area contributed by atoms with Crippen molar-refractivity contribution in [2.45, 2.75) is 45.1 Å². The van der Waals surface area contributed by atoms with E-state index in [2.05, 4.69) is 16.8 Å². The van der Waals surface area contributed by atoms with E-state index in [0.29, 0.717) is 28.7 Å². The summed E-state index contributed by atoms with van der Waals surface area (Å²) in [7, 11) is 1.48. The van der Waals surface area contributed by atoms with E-state index < -0.39 is 5.82 Å². The average Bonchev–Trinajstić information content (AvgIpc) is 3.63. The molecule has 6 heteroatoms. The number of ether oxygens (including phenoxy) is 2. The Kier molecular flexibility index (Phi) is 6.32. The zero-order chi connectivity index (χ0) is 21.1. The van der Waals surface area contributed by atoms with Crippen LogP contribution >= 0.6 is 0 Å². The molecular weight excluding hydrogens is 383 g/mol. The van der Waals surface area contributed by atoms with Crippen LogP contribution in [-0.4, -0.2) is 42.4 Å². The molecule has 2 aliphatic rings. The molecule has 1 saturated carbocycles. The molecule has 2 heterocycles. The number of methoxy groups -OCH3 is 1. The van der Waals surface area contributed by atoms with Crippen molar-refractivity contribution in [2.75, 3.05) is 26.7 Å². The van der Waals surface area contributed by atoms with Gasteiger partial charge in [0.15, 0.2) is 5.78 Å². The Morgan fingerprint density at radius 3 is 2.63 bits per heavy atom. The molecule has 160 valence electrons. The summed E-state index contributed by atoms with van der Waals surface area (Å²) >= 11 is 0. The predicted molar refractivity (Wildman–Crippen MR) is 113 cm³/mol. The smallest absolute Gasteiger partial charge is 0.213 e. The maximum atomic E-state index is 14.7. The zero-order valence-corrected chi connectivity index (χ0v) is 17.7. The van der Waals surface area contributed by atoms with Gasteiger partial charge in [0, 0.05) is 29.2 Å². The van der Waals surface area contributed by atoms with Gasteiger partial charge in [-0.1, -0.05) is 13.0 Å². The molecule has 2 aromatic rings. The van der Waals surface area contributed by atoms with Gasteiger partial charge in [-0.2, -0.15) is 0 Å². The van der Waals surface area contributed by atoms with Crippen LogP contribution in [0.2, 0.25) is 0 Å². The minimum Gasteiger partial charge on any atom is -0.496 e. The van der Waals surface area contributed by atoms with Crippen LogP contribution in [0.25, 0.3) is 0 Å². The van der Waals surface area contributed by atoms with Gasteiger partial charge in [0.1, 0.15) is 18.2 Å².